The molecule has 0 radical (unpaired) electrons. The van der Waals surface area contributed by atoms with Gasteiger partial charge in [0.05, 0.1) is 10.4 Å². The zero-order chi connectivity index (χ0) is 23.7. The van der Waals surface area contributed by atoms with E-state index in [0.29, 0.717) is 29.9 Å². The lowest BCUT2D eigenvalue weighted by molar-refractivity contribution is 0.102. The Bertz CT molecular complexity index is 1300. The number of hydrogen-bond acceptors (Lipinski definition) is 4. The molecule has 0 aliphatic heterocycles. The molecule has 2 N–H and O–H groups in total. The number of hydrogen-bond donors (Lipinski definition) is 2. The SMILES string of the molecule is CCN(CC)S(=O)(=O)c1ccc(C(=O)Nc2ccc3c(C(C)(C)C)cc(=O)[nH]c3c2)cc1. The number of aromatic nitrogens is 1. The highest BCUT2D eigenvalue weighted by atomic mass is 32.2. The molecule has 0 aliphatic carbocycles. The van der Waals surface area contributed by atoms with Crippen molar-refractivity contribution in [1.82, 2.24) is 9.29 Å². The van der Waals surface area contributed by atoms with Crippen LogP contribution in [0.15, 0.2) is 58.2 Å². The van der Waals surface area contributed by atoms with E-state index < -0.39 is 10.0 Å². The largest absolute Gasteiger partial charge is 0.322 e. The summed E-state index contributed by atoms with van der Waals surface area (Å²) in [7, 11) is -3.58. The van der Waals surface area contributed by atoms with Gasteiger partial charge in [-0.3, -0.25) is 9.59 Å². The number of nitrogens with zero attached hydrogens (tertiary/aromatic N) is 1. The third-order valence-electron chi connectivity index (χ3n) is 5.37. The normalized spacial score (nSPS) is 12.3. The minimum absolute atomic E-state index is 0.149. The minimum atomic E-state index is -3.58. The van der Waals surface area contributed by atoms with Gasteiger partial charge in [0.1, 0.15) is 0 Å². The van der Waals surface area contributed by atoms with Gasteiger partial charge >= 0.3 is 0 Å². The number of pyridine rings is 1. The summed E-state index contributed by atoms with van der Waals surface area (Å²) < 4.78 is 26.6. The van der Waals surface area contributed by atoms with Crippen molar-refractivity contribution in [3.63, 3.8) is 0 Å². The van der Waals surface area contributed by atoms with Crippen molar-refractivity contribution in [3.8, 4) is 0 Å². The summed E-state index contributed by atoms with van der Waals surface area (Å²) in [5.41, 5.74) is 2.03. The number of nitrogens with one attached hydrogen (secondary N) is 2. The van der Waals surface area contributed by atoms with Gasteiger partial charge in [-0.1, -0.05) is 40.7 Å². The molecule has 0 saturated carbocycles. The molecule has 0 saturated heterocycles. The highest BCUT2D eigenvalue weighted by Crippen LogP contribution is 2.29. The van der Waals surface area contributed by atoms with Crippen LogP contribution >= 0.6 is 0 Å². The summed E-state index contributed by atoms with van der Waals surface area (Å²) in [5.74, 6) is -0.370. The maximum atomic E-state index is 12.7. The zero-order valence-electron chi connectivity index (χ0n) is 19.0. The lowest BCUT2D eigenvalue weighted by Gasteiger charge is -2.21. The van der Waals surface area contributed by atoms with E-state index in [9.17, 15) is 18.0 Å². The Morgan fingerprint density at radius 1 is 1.00 bits per heavy atom. The number of rotatable bonds is 6. The fourth-order valence-corrected chi connectivity index (χ4v) is 5.11. The van der Waals surface area contributed by atoms with E-state index in [0.717, 1.165) is 10.9 Å². The highest BCUT2D eigenvalue weighted by Gasteiger charge is 2.22. The van der Waals surface area contributed by atoms with E-state index in [1.807, 2.05) is 26.8 Å². The molecule has 7 nitrogen and oxygen atoms in total. The standard InChI is InChI=1S/C24H29N3O4S/c1-6-27(7-2)32(30,31)18-11-8-16(9-12-18)23(29)25-17-10-13-19-20(24(3,4)5)15-22(28)26-21(19)14-17/h8-15H,6-7H2,1-5H3,(H,25,29)(H,26,28). The number of carbonyl (C=O) groups excluding carboxylic acids is 1. The van der Waals surface area contributed by atoms with Crippen LogP contribution < -0.4 is 10.9 Å². The predicted octanol–water partition coefficient (Wildman–Crippen LogP) is 4.11. The second kappa shape index (κ2) is 8.88. The average Bonchev–Trinajstić information content (AvgIpc) is 2.73. The number of anilines is 1. The summed E-state index contributed by atoms with van der Waals surface area (Å²) in [6, 6.07) is 12.9. The molecule has 170 valence electrons. The number of sulfonamides is 1. The Morgan fingerprint density at radius 3 is 2.19 bits per heavy atom. The van der Waals surface area contributed by atoms with E-state index in [2.05, 4.69) is 10.3 Å². The van der Waals surface area contributed by atoms with Gasteiger partial charge in [-0.2, -0.15) is 4.31 Å². The molecule has 32 heavy (non-hydrogen) atoms. The van der Waals surface area contributed by atoms with E-state index in [1.54, 1.807) is 32.0 Å². The van der Waals surface area contributed by atoms with Gasteiger partial charge in [0.25, 0.3) is 5.91 Å². The molecule has 2 aromatic carbocycles. The number of benzene rings is 2. The van der Waals surface area contributed by atoms with Crippen LogP contribution in [0.4, 0.5) is 5.69 Å². The molecule has 1 amide bonds. The van der Waals surface area contributed by atoms with Crippen molar-refractivity contribution in [3.05, 3.63) is 70.0 Å². The molecule has 0 fully saturated rings. The first-order valence-electron chi connectivity index (χ1n) is 10.6. The third-order valence-corrected chi connectivity index (χ3v) is 7.43. The fraction of sp³-hybridized carbons (Fsp3) is 0.333. The first-order valence-corrected chi connectivity index (χ1v) is 12.0. The van der Waals surface area contributed by atoms with Crippen LogP contribution in [0, 0.1) is 0 Å². The quantitative estimate of drug-likeness (QED) is 0.584. The Hall–Kier alpha value is -2.97. The molecular formula is C24H29N3O4S. The fourth-order valence-electron chi connectivity index (χ4n) is 3.65. The smallest absolute Gasteiger partial charge is 0.255 e. The van der Waals surface area contributed by atoms with E-state index in [1.165, 1.54) is 28.6 Å². The van der Waals surface area contributed by atoms with Crippen LogP contribution in [0.3, 0.4) is 0 Å². The Labute approximate surface area is 188 Å². The van der Waals surface area contributed by atoms with Crippen molar-refractivity contribution in [2.75, 3.05) is 18.4 Å². The summed E-state index contributed by atoms with van der Waals surface area (Å²) in [6.07, 6.45) is 0. The average molecular weight is 456 g/mol. The Kier molecular flexibility index (Phi) is 6.57. The van der Waals surface area contributed by atoms with Crippen molar-refractivity contribution in [1.29, 1.82) is 0 Å². The van der Waals surface area contributed by atoms with Crippen LogP contribution in [0.25, 0.3) is 10.9 Å². The van der Waals surface area contributed by atoms with E-state index >= 15 is 0 Å². The van der Waals surface area contributed by atoms with Crippen molar-refractivity contribution in [2.45, 2.75) is 44.9 Å². The molecule has 0 bridgehead atoms. The highest BCUT2D eigenvalue weighted by molar-refractivity contribution is 7.89. The molecule has 0 atom stereocenters. The molecule has 0 aliphatic rings. The van der Waals surface area contributed by atoms with E-state index in [4.69, 9.17) is 0 Å². The molecule has 8 heteroatoms. The number of amides is 1. The maximum absolute atomic E-state index is 12.7. The topological polar surface area (TPSA) is 99.3 Å². The molecule has 0 unspecified atom stereocenters. The lowest BCUT2D eigenvalue weighted by atomic mass is 9.85. The predicted molar refractivity (Wildman–Crippen MR) is 128 cm³/mol. The third kappa shape index (κ3) is 4.76. The second-order valence-electron chi connectivity index (χ2n) is 8.63. The van der Waals surface area contributed by atoms with Crippen molar-refractivity contribution >= 4 is 32.5 Å². The molecule has 1 heterocycles. The van der Waals surface area contributed by atoms with Crippen LogP contribution in [-0.4, -0.2) is 36.7 Å². The molecular weight excluding hydrogens is 426 g/mol. The van der Waals surface area contributed by atoms with Crippen LogP contribution in [-0.2, 0) is 15.4 Å². The first-order chi connectivity index (χ1) is 15.0. The number of H-pyrrole nitrogens is 1. The molecule has 0 spiro atoms. The molecule has 3 rings (SSSR count). The van der Waals surface area contributed by atoms with Crippen LogP contribution in [0.1, 0.15) is 50.5 Å². The number of carbonyl (C=O) groups is 1. The molecule has 3 aromatic rings. The van der Waals surface area contributed by atoms with Crippen molar-refractivity contribution < 1.29 is 13.2 Å². The van der Waals surface area contributed by atoms with Crippen LogP contribution in [0.5, 0.6) is 0 Å². The second-order valence-corrected chi connectivity index (χ2v) is 10.6. The lowest BCUT2D eigenvalue weighted by Crippen LogP contribution is -2.30. The Balaban J connectivity index is 1.87. The first kappa shape index (κ1) is 23.7. The Morgan fingerprint density at radius 2 is 1.62 bits per heavy atom. The number of aromatic amines is 1. The number of fused-ring (bicyclic) bond motifs is 1. The van der Waals surface area contributed by atoms with Gasteiger partial charge in [-0.25, -0.2) is 8.42 Å². The zero-order valence-corrected chi connectivity index (χ0v) is 19.8. The van der Waals surface area contributed by atoms with Crippen molar-refractivity contribution in [2.24, 2.45) is 0 Å². The summed E-state index contributed by atoms with van der Waals surface area (Å²) in [6.45, 7) is 10.4. The van der Waals surface area contributed by atoms with Gasteiger partial charge in [0.2, 0.25) is 15.6 Å². The van der Waals surface area contributed by atoms with E-state index in [-0.39, 0.29) is 21.8 Å². The maximum Gasteiger partial charge on any atom is 0.255 e. The van der Waals surface area contributed by atoms with Gasteiger partial charge < -0.3 is 10.3 Å². The monoisotopic (exact) mass is 455 g/mol. The summed E-state index contributed by atoms with van der Waals surface area (Å²) >= 11 is 0. The van der Waals surface area contributed by atoms with Crippen LogP contribution in [0.2, 0.25) is 0 Å². The summed E-state index contributed by atoms with van der Waals surface area (Å²) in [4.78, 5) is 27.8. The summed E-state index contributed by atoms with van der Waals surface area (Å²) in [5, 5.41) is 3.73. The molecule has 1 aromatic heterocycles. The minimum Gasteiger partial charge on any atom is -0.322 e. The van der Waals surface area contributed by atoms with Gasteiger partial charge in [0.15, 0.2) is 0 Å². The van der Waals surface area contributed by atoms with Gasteiger partial charge in [0, 0.05) is 35.8 Å². The van der Waals surface area contributed by atoms with Gasteiger partial charge in [-0.15, -0.1) is 0 Å². The van der Waals surface area contributed by atoms with Gasteiger partial charge in [-0.05, 0) is 47.4 Å².